The van der Waals surface area contributed by atoms with Crippen molar-refractivity contribution >= 4 is 16.8 Å². The summed E-state index contributed by atoms with van der Waals surface area (Å²) in [5.74, 6) is 0.759. The van der Waals surface area contributed by atoms with Crippen LogP contribution in [0.1, 0.15) is 19.3 Å². The molecule has 0 spiro atoms. The average Bonchev–Trinajstić information content (AvgIpc) is 3.23. The summed E-state index contributed by atoms with van der Waals surface area (Å²) in [5, 5.41) is 15.5. The maximum absolute atomic E-state index is 12.4. The highest BCUT2D eigenvalue weighted by Gasteiger charge is 2.31. The van der Waals surface area contributed by atoms with Crippen LogP contribution in [0.15, 0.2) is 49.2 Å². The van der Waals surface area contributed by atoms with Crippen molar-refractivity contribution in [2.75, 3.05) is 13.1 Å². The Morgan fingerprint density at radius 1 is 1.29 bits per heavy atom. The smallest absolute Gasteiger partial charge is 0.222 e. The molecule has 1 aliphatic heterocycles. The highest BCUT2D eigenvalue weighted by molar-refractivity contribution is 5.84. The van der Waals surface area contributed by atoms with Crippen molar-refractivity contribution in [1.82, 2.24) is 24.6 Å². The van der Waals surface area contributed by atoms with Crippen LogP contribution in [0.3, 0.4) is 0 Å². The molecule has 0 aliphatic carbocycles. The van der Waals surface area contributed by atoms with Crippen molar-refractivity contribution in [2.45, 2.75) is 38.0 Å². The van der Waals surface area contributed by atoms with E-state index in [1.807, 2.05) is 30.3 Å². The van der Waals surface area contributed by atoms with Crippen LogP contribution in [0, 0.1) is 0 Å². The van der Waals surface area contributed by atoms with Crippen LogP contribution in [0.25, 0.3) is 10.9 Å². The number of pyridine rings is 1. The standard InChI is InChI=1S/C20H23N5O3/c26-17-12-24(20(27)7-3-10-25-14-21-13-23-25)11-8-19(17)28-18-6-1-5-16-15(18)4-2-9-22-16/h1-2,4-6,9,13-14,17,19,26H,3,7-8,10-12H2/t17-,19-/m1/s1. The first-order chi connectivity index (χ1) is 13.7. The molecule has 8 heteroatoms. The third-order valence-electron chi connectivity index (χ3n) is 5.00. The van der Waals surface area contributed by atoms with Crippen LogP contribution in [-0.2, 0) is 11.3 Å². The molecule has 2 aromatic heterocycles. The Hall–Kier alpha value is -3.00. The highest BCUT2D eigenvalue weighted by Crippen LogP contribution is 2.27. The van der Waals surface area contributed by atoms with Crippen molar-refractivity contribution in [3.63, 3.8) is 0 Å². The number of aromatic nitrogens is 4. The first-order valence-corrected chi connectivity index (χ1v) is 9.49. The lowest BCUT2D eigenvalue weighted by atomic mass is 10.0. The fourth-order valence-corrected chi connectivity index (χ4v) is 3.51. The topological polar surface area (TPSA) is 93.4 Å². The third-order valence-corrected chi connectivity index (χ3v) is 5.00. The Balaban J connectivity index is 1.31. The van der Waals surface area contributed by atoms with Gasteiger partial charge in [0.2, 0.25) is 5.91 Å². The van der Waals surface area contributed by atoms with Crippen molar-refractivity contribution < 1.29 is 14.6 Å². The Kier molecular flexibility index (Phi) is 5.48. The molecule has 1 aliphatic rings. The van der Waals surface area contributed by atoms with Gasteiger partial charge in [0.25, 0.3) is 0 Å². The number of fused-ring (bicyclic) bond motifs is 1. The number of aliphatic hydroxyl groups is 1. The number of hydrogen-bond acceptors (Lipinski definition) is 6. The molecule has 1 fully saturated rings. The molecule has 3 aromatic rings. The number of benzene rings is 1. The van der Waals surface area contributed by atoms with Gasteiger partial charge in [-0.25, -0.2) is 4.98 Å². The highest BCUT2D eigenvalue weighted by atomic mass is 16.5. The van der Waals surface area contributed by atoms with E-state index in [-0.39, 0.29) is 18.6 Å². The van der Waals surface area contributed by atoms with E-state index in [9.17, 15) is 9.90 Å². The molecule has 8 nitrogen and oxygen atoms in total. The van der Waals surface area contributed by atoms with Gasteiger partial charge in [-0.1, -0.05) is 6.07 Å². The largest absolute Gasteiger partial charge is 0.487 e. The maximum atomic E-state index is 12.4. The summed E-state index contributed by atoms with van der Waals surface area (Å²) in [6.45, 7) is 1.52. The fraction of sp³-hybridized carbons (Fsp3) is 0.400. The molecule has 146 valence electrons. The monoisotopic (exact) mass is 381 g/mol. The van der Waals surface area contributed by atoms with E-state index in [2.05, 4.69) is 15.1 Å². The average molecular weight is 381 g/mol. The number of aryl methyl sites for hydroxylation is 1. The number of piperidine rings is 1. The van der Waals surface area contributed by atoms with Crippen LogP contribution < -0.4 is 4.74 Å². The minimum atomic E-state index is -0.722. The molecule has 0 bridgehead atoms. The molecule has 2 atom stereocenters. The third kappa shape index (κ3) is 4.12. The second-order valence-electron chi connectivity index (χ2n) is 6.94. The summed E-state index contributed by atoms with van der Waals surface area (Å²) in [7, 11) is 0. The van der Waals surface area contributed by atoms with Crippen molar-refractivity contribution in [3.8, 4) is 5.75 Å². The van der Waals surface area contributed by atoms with E-state index in [1.54, 1.807) is 22.1 Å². The number of hydrogen-bond donors (Lipinski definition) is 1. The summed E-state index contributed by atoms with van der Waals surface area (Å²) in [6, 6.07) is 9.53. The van der Waals surface area contributed by atoms with Gasteiger partial charge in [0.15, 0.2) is 0 Å². The minimum absolute atomic E-state index is 0.0481. The van der Waals surface area contributed by atoms with Gasteiger partial charge in [0, 0.05) is 37.5 Å². The summed E-state index contributed by atoms with van der Waals surface area (Å²) < 4.78 is 7.80. The fourth-order valence-electron chi connectivity index (χ4n) is 3.51. The number of rotatable bonds is 6. The molecular weight excluding hydrogens is 358 g/mol. The van der Waals surface area contributed by atoms with E-state index in [0.29, 0.717) is 38.1 Å². The summed E-state index contributed by atoms with van der Waals surface area (Å²) in [4.78, 5) is 22.4. The van der Waals surface area contributed by atoms with E-state index in [1.165, 1.54) is 6.33 Å². The Labute approximate surface area is 162 Å². The van der Waals surface area contributed by atoms with E-state index >= 15 is 0 Å². The first-order valence-electron chi connectivity index (χ1n) is 9.49. The first kappa shape index (κ1) is 18.4. The predicted octanol–water partition coefficient (Wildman–Crippen LogP) is 1.65. The van der Waals surface area contributed by atoms with Gasteiger partial charge in [0.05, 0.1) is 12.1 Å². The second kappa shape index (κ2) is 8.35. The maximum Gasteiger partial charge on any atom is 0.222 e. The summed E-state index contributed by atoms with van der Waals surface area (Å²) >= 11 is 0. The van der Waals surface area contributed by atoms with Crippen LogP contribution in [0.4, 0.5) is 0 Å². The number of amides is 1. The van der Waals surface area contributed by atoms with Crippen LogP contribution in [0.2, 0.25) is 0 Å². The number of ether oxygens (including phenoxy) is 1. The molecule has 1 saturated heterocycles. The van der Waals surface area contributed by atoms with Gasteiger partial charge in [0.1, 0.15) is 30.6 Å². The van der Waals surface area contributed by atoms with Crippen LogP contribution in [0.5, 0.6) is 5.75 Å². The van der Waals surface area contributed by atoms with E-state index in [4.69, 9.17) is 4.74 Å². The van der Waals surface area contributed by atoms with E-state index < -0.39 is 6.10 Å². The van der Waals surface area contributed by atoms with Crippen molar-refractivity contribution in [3.05, 3.63) is 49.2 Å². The molecule has 0 radical (unpaired) electrons. The summed E-state index contributed by atoms with van der Waals surface area (Å²) in [5.41, 5.74) is 0.856. The number of likely N-dealkylation sites (tertiary alicyclic amines) is 1. The molecule has 1 N–H and O–H groups in total. The lowest BCUT2D eigenvalue weighted by Gasteiger charge is -2.36. The van der Waals surface area contributed by atoms with Gasteiger partial charge >= 0.3 is 0 Å². The zero-order chi connectivity index (χ0) is 19.3. The number of aliphatic hydroxyl groups excluding tert-OH is 1. The number of nitrogens with zero attached hydrogens (tertiary/aromatic N) is 5. The molecule has 0 unspecified atom stereocenters. The van der Waals surface area contributed by atoms with Gasteiger partial charge in [-0.15, -0.1) is 0 Å². The van der Waals surface area contributed by atoms with Gasteiger partial charge in [-0.05, 0) is 30.7 Å². The Morgan fingerprint density at radius 3 is 3.04 bits per heavy atom. The van der Waals surface area contributed by atoms with Crippen molar-refractivity contribution in [2.24, 2.45) is 0 Å². The Morgan fingerprint density at radius 2 is 2.21 bits per heavy atom. The van der Waals surface area contributed by atoms with Gasteiger partial charge in [-0.2, -0.15) is 5.10 Å². The molecule has 1 aromatic carbocycles. The number of β-amino-alcohol motifs (C(OH)–C–C–N with tert-alkyl or cyclic N) is 1. The molecule has 3 heterocycles. The molecule has 0 saturated carbocycles. The zero-order valence-electron chi connectivity index (χ0n) is 15.5. The molecule has 1 amide bonds. The Bertz CT molecular complexity index is 925. The molecular formula is C20H23N5O3. The normalized spacial score (nSPS) is 19.7. The zero-order valence-corrected chi connectivity index (χ0v) is 15.5. The van der Waals surface area contributed by atoms with Gasteiger partial charge < -0.3 is 14.7 Å². The van der Waals surface area contributed by atoms with Gasteiger partial charge in [-0.3, -0.25) is 14.5 Å². The quantitative estimate of drug-likeness (QED) is 0.698. The minimum Gasteiger partial charge on any atom is -0.487 e. The lowest BCUT2D eigenvalue weighted by Crippen LogP contribution is -2.51. The van der Waals surface area contributed by atoms with Crippen LogP contribution in [-0.4, -0.2) is 61.0 Å². The predicted molar refractivity (Wildman–Crippen MR) is 103 cm³/mol. The lowest BCUT2D eigenvalue weighted by molar-refractivity contribution is -0.137. The number of carbonyl (C=O) groups excluding carboxylic acids is 1. The second-order valence-corrected chi connectivity index (χ2v) is 6.94. The van der Waals surface area contributed by atoms with Crippen molar-refractivity contribution in [1.29, 1.82) is 0 Å². The molecule has 28 heavy (non-hydrogen) atoms. The molecule has 4 rings (SSSR count). The van der Waals surface area contributed by atoms with Crippen LogP contribution >= 0.6 is 0 Å². The van der Waals surface area contributed by atoms with E-state index in [0.717, 1.165) is 10.9 Å². The SMILES string of the molecule is O=C(CCCn1cncn1)N1CC[C@@H](Oc2cccc3ncccc23)[C@H](O)C1. The summed E-state index contributed by atoms with van der Waals surface area (Å²) in [6.07, 6.45) is 5.50. The number of carbonyl (C=O) groups is 1.